The second-order valence-corrected chi connectivity index (χ2v) is 6.79. The van der Waals surface area contributed by atoms with Crippen LogP contribution in [0.3, 0.4) is 0 Å². The average molecular weight is 386 g/mol. The van der Waals surface area contributed by atoms with Crippen LogP contribution in [-0.2, 0) is 18.4 Å². The van der Waals surface area contributed by atoms with Gasteiger partial charge in [-0.15, -0.1) is 0 Å². The lowest BCUT2D eigenvalue weighted by atomic mass is 10.3. The second-order valence-electron chi connectivity index (χ2n) is 6.79. The minimum atomic E-state index is -0.00107. The lowest BCUT2D eigenvalue weighted by Gasteiger charge is -2.20. The number of amides is 1. The van der Waals surface area contributed by atoms with Crippen LogP contribution in [0.15, 0.2) is 47.6 Å². The molecule has 0 unspecified atom stereocenters. The highest BCUT2D eigenvalue weighted by atomic mass is 16.2. The Bertz CT molecular complexity index is 755. The molecule has 0 radical (unpaired) electrons. The fourth-order valence-corrected chi connectivity index (χ4v) is 2.54. The molecule has 0 aliphatic heterocycles. The normalized spacial score (nSPS) is 11.2. The van der Waals surface area contributed by atoms with E-state index in [9.17, 15) is 4.79 Å². The standard InChI is InChI=1S/C20H31N7O/c1-25(2)19(28)16-23-20(22-15-18-11-13-24-27(18)4)21-12-8-14-26(3)17-9-6-5-7-10-17/h5-7,9-11,13H,8,12,14-16H2,1-4H3,(H2,21,22,23). The highest BCUT2D eigenvalue weighted by Crippen LogP contribution is 2.10. The number of guanidine groups is 1. The Balaban J connectivity index is 1.85. The van der Waals surface area contributed by atoms with E-state index >= 15 is 0 Å². The molecule has 1 aromatic carbocycles. The highest BCUT2D eigenvalue weighted by Gasteiger charge is 2.07. The molecule has 0 saturated heterocycles. The number of aryl methyl sites for hydroxylation is 1. The van der Waals surface area contributed by atoms with Gasteiger partial charge in [0.25, 0.3) is 0 Å². The van der Waals surface area contributed by atoms with Crippen LogP contribution in [-0.4, -0.2) is 67.3 Å². The van der Waals surface area contributed by atoms with Gasteiger partial charge in [-0.1, -0.05) is 18.2 Å². The van der Waals surface area contributed by atoms with E-state index in [1.165, 1.54) is 5.69 Å². The number of likely N-dealkylation sites (N-methyl/N-ethyl adjacent to an activating group) is 1. The van der Waals surface area contributed by atoms with Crippen LogP contribution in [0.5, 0.6) is 0 Å². The molecule has 0 spiro atoms. The molecule has 8 nitrogen and oxygen atoms in total. The number of aliphatic imine (C=N–C) groups is 1. The zero-order valence-electron chi connectivity index (χ0n) is 17.2. The first kappa shape index (κ1) is 21.3. The lowest BCUT2D eigenvalue weighted by Crippen LogP contribution is -2.43. The van der Waals surface area contributed by atoms with E-state index in [1.54, 1.807) is 29.9 Å². The van der Waals surface area contributed by atoms with Gasteiger partial charge >= 0.3 is 0 Å². The minimum absolute atomic E-state index is 0.00107. The highest BCUT2D eigenvalue weighted by molar-refractivity contribution is 5.86. The predicted octanol–water partition coefficient (Wildman–Crippen LogP) is 1.07. The van der Waals surface area contributed by atoms with E-state index in [2.05, 4.69) is 44.8 Å². The van der Waals surface area contributed by atoms with Gasteiger partial charge in [-0.3, -0.25) is 9.48 Å². The summed E-state index contributed by atoms with van der Waals surface area (Å²) < 4.78 is 1.79. The Kier molecular flexibility index (Phi) is 8.33. The van der Waals surface area contributed by atoms with Crippen molar-refractivity contribution in [3.63, 3.8) is 0 Å². The summed E-state index contributed by atoms with van der Waals surface area (Å²) in [4.78, 5) is 20.2. The summed E-state index contributed by atoms with van der Waals surface area (Å²) in [5.41, 5.74) is 2.20. The first-order chi connectivity index (χ1) is 13.5. The van der Waals surface area contributed by atoms with Gasteiger partial charge in [0.05, 0.1) is 18.8 Å². The summed E-state index contributed by atoms with van der Waals surface area (Å²) in [5, 5.41) is 10.6. The van der Waals surface area contributed by atoms with Gasteiger partial charge in [0.15, 0.2) is 5.96 Å². The second kappa shape index (κ2) is 11.0. The van der Waals surface area contributed by atoms with Crippen molar-refractivity contribution in [2.75, 3.05) is 45.7 Å². The summed E-state index contributed by atoms with van der Waals surface area (Å²) in [6.07, 6.45) is 2.69. The minimum Gasteiger partial charge on any atom is -0.375 e. The monoisotopic (exact) mass is 385 g/mol. The first-order valence-corrected chi connectivity index (χ1v) is 9.42. The molecule has 0 bridgehead atoms. The summed E-state index contributed by atoms with van der Waals surface area (Å²) in [5.74, 6) is 0.623. The van der Waals surface area contributed by atoms with Crippen molar-refractivity contribution in [1.82, 2.24) is 25.3 Å². The topological polar surface area (TPSA) is 77.8 Å². The summed E-state index contributed by atoms with van der Waals surface area (Å²) in [7, 11) is 7.45. The Hall–Kier alpha value is -3.03. The number of hydrogen-bond donors (Lipinski definition) is 2. The van der Waals surface area contributed by atoms with E-state index in [0.717, 1.165) is 25.2 Å². The first-order valence-electron chi connectivity index (χ1n) is 9.42. The molecule has 1 amide bonds. The smallest absolute Gasteiger partial charge is 0.241 e. The van der Waals surface area contributed by atoms with Crippen molar-refractivity contribution < 1.29 is 4.79 Å². The molecule has 152 valence electrons. The molecule has 2 N–H and O–H groups in total. The molecule has 0 atom stereocenters. The molecular weight excluding hydrogens is 354 g/mol. The SMILES string of the molecule is CN(C)C(=O)CNC(=NCc1ccnn1C)NCCCN(C)c1ccccc1. The van der Waals surface area contributed by atoms with Crippen LogP contribution in [0.2, 0.25) is 0 Å². The van der Waals surface area contributed by atoms with E-state index in [-0.39, 0.29) is 12.5 Å². The molecule has 0 aliphatic rings. The summed E-state index contributed by atoms with van der Waals surface area (Å²) in [6, 6.07) is 12.2. The summed E-state index contributed by atoms with van der Waals surface area (Å²) in [6.45, 7) is 2.37. The number of carbonyl (C=O) groups excluding carboxylic acids is 1. The molecule has 2 rings (SSSR count). The van der Waals surface area contributed by atoms with Crippen LogP contribution in [0.4, 0.5) is 5.69 Å². The largest absolute Gasteiger partial charge is 0.375 e. The van der Waals surface area contributed by atoms with E-state index in [4.69, 9.17) is 0 Å². The summed E-state index contributed by atoms with van der Waals surface area (Å²) >= 11 is 0. The number of anilines is 1. The molecule has 28 heavy (non-hydrogen) atoms. The molecule has 0 fully saturated rings. The number of nitrogens with zero attached hydrogens (tertiary/aromatic N) is 5. The number of carbonyl (C=O) groups is 1. The van der Waals surface area contributed by atoms with E-state index < -0.39 is 0 Å². The van der Waals surface area contributed by atoms with Gasteiger partial charge < -0.3 is 20.4 Å². The van der Waals surface area contributed by atoms with Gasteiger partial charge in [0.1, 0.15) is 0 Å². The van der Waals surface area contributed by atoms with Crippen molar-refractivity contribution in [3.05, 3.63) is 48.3 Å². The van der Waals surface area contributed by atoms with Crippen molar-refractivity contribution in [1.29, 1.82) is 0 Å². The number of rotatable bonds is 9. The van der Waals surface area contributed by atoms with Crippen LogP contribution in [0.25, 0.3) is 0 Å². The maximum Gasteiger partial charge on any atom is 0.241 e. The Morgan fingerprint density at radius 3 is 2.54 bits per heavy atom. The zero-order valence-corrected chi connectivity index (χ0v) is 17.2. The molecule has 2 aromatic rings. The Morgan fingerprint density at radius 1 is 1.14 bits per heavy atom. The number of hydrogen-bond acceptors (Lipinski definition) is 4. The van der Waals surface area contributed by atoms with Crippen LogP contribution >= 0.6 is 0 Å². The van der Waals surface area contributed by atoms with Gasteiger partial charge in [-0.2, -0.15) is 5.10 Å². The quantitative estimate of drug-likeness (QED) is 0.384. The molecule has 1 aromatic heterocycles. The fourth-order valence-electron chi connectivity index (χ4n) is 2.54. The fraction of sp³-hybridized carbons (Fsp3) is 0.450. The van der Waals surface area contributed by atoms with Crippen LogP contribution in [0, 0.1) is 0 Å². The van der Waals surface area contributed by atoms with Gasteiger partial charge in [0, 0.05) is 53.2 Å². The van der Waals surface area contributed by atoms with Crippen molar-refractivity contribution in [3.8, 4) is 0 Å². The molecule has 1 heterocycles. The van der Waals surface area contributed by atoms with Crippen molar-refractivity contribution in [2.45, 2.75) is 13.0 Å². The Morgan fingerprint density at radius 2 is 1.89 bits per heavy atom. The van der Waals surface area contributed by atoms with Crippen molar-refractivity contribution >= 4 is 17.6 Å². The van der Waals surface area contributed by atoms with Gasteiger partial charge in [-0.05, 0) is 24.6 Å². The third-order valence-corrected chi connectivity index (χ3v) is 4.39. The zero-order chi connectivity index (χ0) is 20.4. The van der Waals surface area contributed by atoms with Crippen molar-refractivity contribution in [2.24, 2.45) is 12.0 Å². The molecular formula is C20H31N7O. The van der Waals surface area contributed by atoms with Gasteiger partial charge in [-0.25, -0.2) is 4.99 Å². The molecule has 8 heteroatoms. The maximum absolute atomic E-state index is 11.9. The molecule has 0 aliphatic carbocycles. The maximum atomic E-state index is 11.9. The number of para-hydroxylation sites is 1. The third-order valence-electron chi connectivity index (χ3n) is 4.39. The number of aromatic nitrogens is 2. The van der Waals surface area contributed by atoms with Gasteiger partial charge in [0.2, 0.25) is 5.91 Å². The molecule has 0 saturated carbocycles. The predicted molar refractivity (Wildman–Crippen MR) is 113 cm³/mol. The lowest BCUT2D eigenvalue weighted by molar-refractivity contribution is -0.127. The Labute approximate surface area is 167 Å². The van der Waals surface area contributed by atoms with E-state index in [1.807, 2.05) is 31.3 Å². The number of nitrogens with one attached hydrogen (secondary N) is 2. The third kappa shape index (κ3) is 6.94. The van der Waals surface area contributed by atoms with Crippen LogP contribution in [0.1, 0.15) is 12.1 Å². The van der Waals surface area contributed by atoms with Crippen LogP contribution < -0.4 is 15.5 Å². The number of benzene rings is 1. The van der Waals surface area contributed by atoms with E-state index in [0.29, 0.717) is 12.5 Å². The average Bonchev–Trinajstić information content (AvgIpc) is 3.11.